The minimum Gasteiger partial charge on any atom is -0.391 e. The van der Waals surface area contributed by atoms with Gasteiger partial charge in [0.2, 0.25) is 10.0 Å². The molecule has 1 rings (SSSR count). The van der Waals surface area contributed by atoms with Gasteiger partial charge < -0.3 is 5.11 Å². The first-order chi connectivity index (χ1) is 7.90. The lowest BCUT2D eigenvalue weighted by molar-refractivity contribution is 0.285. The molecule has 0 aromatic carbocycles. The fourth-order valence-corrected chi connectivity index (χ4v) is 4.24. The fourth-order valence-electron chi connectivity index (χ4n) is 1.26. The Morgan fingerprint density at radius 2 is 2.24 bits per heavy atom. The molecule has 1 aromatic rings. The van der Waals surface area contributed by atoms with E-state index in [-0.39, 0.29) is 16.8 Å². The lowest BCUT2D eigenvalue weighted by atomic mass is 10.4. The molecule has 17 heavy (non-hydrogen) atoms. The first-order valence-electron chi connectivity index (χ1n) is 5.13. The van der Waals surface area contributed by atoms with E-state index in [9.17, 15) is 8.42 Å². The molecule has 1 aromatic heterocycles. The molecule has 0 spiro atoms. The summed E-state index contributed by atoms with van der Waals surface area (Å²) in [7, 11) is -3.45. The molecule has 1 unspecified atom stereocenters. The molecule has 0 bridgehead atoms. The van der Waals surface area contributed by atoms with Crippen molar-refractivity contribution in [3.05, 3.63) is 15.8 Å². The standard InChI is InChI=1S/C10H17NO3S3/c1-7(15-3)5-11-17(13,14)10-4-9(6-12)16-8(10)2/h4,7,11-12H,5-6H2,1-3H3. The van der Waals surface area contributed by atoms with Crippen LogP contribution in [0.2, 0.25) is 0 Å². The molecule has 0 aliphatic rings. The Morgan fingerprint density at radius 1 is 1.59 bits per heavy atom. The van der Waals surface area contributed by atoms with Gasteiger partial charge in [-0.05, 0) is 19.2 Å². The molecule has 1 heterocycles. The number of aliphatic hydroxyl groups is 1. The van der Waals surface area contributed by atoms with E-state index >= 15 is 0 Å². The van der Waals surface area contributed by atoms with Crippen LogP contribution in [0.3, 0.4) is 0 Å². The largest absolute Gasteiger partial charge is 0.391 e. The maximum absolute atomic E-state index is 12.0. The van der Waals surface area contributed by atoms with Crippen molar-refractivity contribution < 1.29 is 13.5 Å². The lowest BCUT2D eigenvalue weighted by Gasteiger charge is -2.10. The summed E-state index contributed by atoms with van der Waals surface area (Å²) in [5.74, 6) is 0. The van der Waals surface area contributed by atoms with Gasteiger partial charge in [0, 0.05) is 21.5 Å². The zero-order chi connectivity index (χ0) is 13.1. The number of aliphatic hydroxyl groups excluding tert-OH is 1. The second-order valence-corrected chi connectivity index (χ2v) is 8.04. The highest BCUT2D eigenvalue weighted by Crippen LogP contribution is 2.25. The molecule has 7 heteroatoms. The van der Waals surface area contributed by atoms with E-state index in [0.29, 0.717) is 16.3 Å². The minimum absolute atomic E-state index is 0.123. The summed E-state index contributed by atoms with van der Waals surface area (Å²) in [6, 6.07) is 1.53. The normalized spacial score (nSPS) is 13.9. The third-order valence-electron chi connectivity index (χ3n) is 2.33. The molecular formula is C10H17NO3S3. The number of nitrogens with one attached hydrogen (secondary N) is 1. The van der Waals surface area contributed by atoms with Crippen molar-refractivity contribution in [3.8, 4) is 0 Å². The number of rotatable bonds is 6. The molecule has 1 atom stereocenters. The van der Waals surface area contributed by atoms with E-state index in [1.165, 1.54) is 17.4 Å². The highest BCUT2D eigenvalue weighted by molar-refractivity contribution is 7.99. The highest BCUT2D eigenvalue weighted by atomic mass is 32.2. The summed E-state index contributed by atoms with van der Waals surface area (Å²) < 4.78 is 26.6. The quantitative estimate of drug-likeness (QED) is 0.836. The molecule has 98 valence electrons. The molecule has 0 aliphatic carbocycles. The van der Waals surface area contributed by atoms with E-state index < -0.39 is 10.0 Å². The Labute approximate surface area is 110 Å². The van der Waals surface area contributed by atoms with Gasteiger partial charge in [-0.25, -0.2) is 13.1 Å². The third-order valence-corrected chi connectivity index (χ3v) is 6.02. The van der Waals surface area contributed by atoms with Crippen LogP contribution in [0.15, 0.2) is 11.0 Å². The highest BCUT2D eigenvalue weighted by Gasteiger charge is 2.20. The molecule has 4 nitrogen and oxygen atoms in total. The van der Waals surface area contributed by atoms with Crippen LogP contribution in [-0.2, 0) is 16.6 Å². The van der Waals surface area contributed by atoms with Crippen molar-refractivity contribution >= 4 is 33.1 Å². The van der Waals surface area contributed by atoms with Crippen LogP contribution in [0, 0.1) is 6.92 Å². The van der Waals surface area contributed by atoms with Crippen molar-refractivity contribution in [1.82, 2.24) is 4.72 Å². The summed E-state index contributed by atoms with van der Waals surface area (Å²) in [6.45, 7) is 4.00. The van der Waals surface area contributed by atoms with Gasteiger partial charge in [0.25, 0.3) is 0 Å². The van der Waals surface area contributed by atoms with Crippen LogP contribution in [-0.4, -0.2) is 31.6 Å². The number of sulfonamides is 1. The van der Waals surface area contributed by atoms with Gasteiger partial charge in [-0.15, -0.1) is 11.3 Å². The van der Waals surface area contributed by atoms with Crippen LogP contribution in [0.4, 0.5) is 0 Å². The summed E-state index contributed by atoms with van der Waals surface area (Å²) in [5.41, 5.74) is 0. The Balaban J connectivity index is 2.85. The van der Waals surface area contributed by atoms with Crippen molar-refractivity contribution in [3.63, 3.8) is 0 Å². The first-order valence-corrected chi connectivity index (χ1v) is 8.72. The number of aryl methyl sites for hydroxylation is 1. The maximum atomic E-state index is 12.0. The van der Waals surface area contributed by atoms with Gasteiger partial charge >= 0.3 is 0 Å². The van der Waals surface area contributed by atoms with Gasteiger partial charge in [0.05, 0.1) is 11.5 Å². The summed E-state index contributed by atoms with van der Waals surface area (Å²) in [6.07, 6.45) is 1.94. The Hall–Kier alpha value is -0.0800. The van der Waals surface area contributed by atoms with E-state index in [0.717, 1.165) is 0 Å². The summed E-state index contributed by atoms with van der Waals surface area (Å²) >= 11 is 2.92. The van der Waals surface area contributed by atoms with Crippen LogP contribution < -0.4 is 4.72 Å². The Bertz CT molecular complexity index is 467. The molecule has 0 fully saturated rings. The SMILES string of the molecule is CSC(C)CNS(=O)(=O)c1cc(CO)sc1C. The number of thioether (sulfide) groups is 1. The molecule has 0 saturated carbocycles. The van der Waals surface area contributed by atoms with Gasteiger partial charge in [0.1, 0.15) is 0 Å². The van der Waals surface area contributed by atoms with Gasteiger partial charge in [0.15, 0.2) is 0 Å². The van der Waals surface area contributed by atoms with Crippen molar-refractivity contribution in [2.75, 3.05) is 12.8 Å². The zero-order valence-corrected chi connectivity index (χ0v) is 12.5. The smallest absolute Gasteiger partial charge is 0.241 e. The predicted molar refractivity (Wildman–Crippen MR) is 73.1 cm³/mol. The molecule has 0 saturated heterocycles. The topological polar surface area (TPSA) is 66.4 Å². The Morgan fingerprint density at radius 3 is 2.71 bits per heavy atom. The van der Waals surface area contributed by atoms with E-state index in [4.69, 9.17) is 5.11 Å². The summed E-state index contributed by atoms with van der Waals surface area (Å²) in [4.78, 5) is 1.65. The van der Waals surface area contributed by atoms with Crippen molar-refractivity contribution in [2.45, 2.75) is 30.6 Å². The average molecular weight is 295 g/mol. The molecule has 0 amide bonds. The van der Waals surface area contributed by atoms with Crippen LogP contribution in [0.25, 0.3) is 0 Å². The van der Waals surface area contributed by atoms with E-state index in [2.05, 4.69) is 4.72 Å². The van der Waals surface area contributed by atoms with E-state index in [1.807, 2.05) is 13.2 Å². The molecular weight excluding hydrogens is 278 g/mol. The second kappa shape index (κ2) is 6.19. The minimum atomic E-state index is -3.45. The van der Waals surface area contributed by atoms with Gasteiger partial charge in [-0.1, -0.05) is 6.92 Å². The van der Waals surface area contributed by atoms with Gasteiger partial charge in [-0.3, -0.25) is 0 Å². The first kappa shape index (κ1) is 15.0. The fraction of sp³-hybridized carbons (Fsp3) is 0.600. The lowest BCUT2D eigenvalue weighted by Crippen LogP contribution is -2.29. The van der Waals surface area contributed by atoms with Crippen LogP contribution in [0.5, 0.6) is 0 Å². The summed E-state index contributed by atoms with van der Waals surface area (Å²) in [5, 5.41) is 9.23. The number of hydrogen-bond acceptors (Lipinski definition) is 5. The van der Waals surface area contributed by atoms with Crippen LogP contribution in [0.1, 0.15) is 16.7 Å². The van der Waals surface area contributed by atoms with Gasteiger partial charge in [-0.2, -0.15) is 11.8 Å². The molecule has 0 radical (unpaired) electrons. The monoisotopic (exact) mass is 295 g/mol. The zero-order valence-electron chi connectivity index (χ0n) is 10.1. The molecule has 2 N–H and O–H groups in total. The average Bonchev–Trinajstić information content (AvgIpc) is 2.68. The number of thiophene rings is 1. The van der Waals surface area contributed by atoms with E-state index in [1.54, 1.807) is 18.7 Å². The Kier molecular flexibility index (Phi) is 5.46. The third kappa shape index (κ3) is 3.96. The predicted octanol–water partition coefficient (Wildman–Crippen LogP) is 1.58. The molecule has 0 aliphatic heterocycles. The van der Waals surface area contributed by atoms with Crippen molar-refractivity contribution in [2.24, 2.45) is 0 Å². The van der Waals surface area contributed by atoms with Crippen molar-refractivity contribution in [1.29, 1.82) is 0 Å². The number of hydrogen-bond donors (Lipinski definition) is 2. The maximum Gasteiger partial charge on any atom is 0.241 e. The van der Waals surface area contributed by atoms with Crippen LogP contribution >= 0.6 is 23.1 Å². The second-order valence-electron chi connectivity index (χ2n) is 3.69.